The molecule has 7 heteroatoms. The first-order valence-electron chi connectivity index (χ1n) is 12.8. The van der Waals surface area contributed by atoms with Crippen LogP contribution in [0.2, 0.25) is 0 Å². The number of aromatic nitrogens is 1. The number of ether oxygens (including phenoxy) is 2. The largest absolute Gasteiger partial charge is 0.491 e. The fourth-order valence-corrected chi connectivity index (χ4v) is 5.10. The van der Waals surface area contributed by atoms with Crippen LogP contribution in [0.4, 0.5) is 11.4 Å². The molecule has 0 bridgehead atoms. The monoisotopic (exact) mass is 499 g/mol. The number of fused-ring (bicyclic) bond motifs is 2. The number of aromatic amines is 1. The number of anilines is 2. The van der Waals surface area contributed by atoms with Crippen molar-refractivity contribution in [2.75, 3.05) is 24.3 Å². The molecule has 1 aromatic heterocycles. The molecule has 0 saturated heterocycles. The molecule has 4 aromatic rings. The molecule has 1 heterocycles. The van der Waals surface area contributed by atoms with Crippen LogP contribution in [-0.4, -0.2) is 35.3 Å². The molecule has 3 aromatic carbocycles. The van der Waals surface area contributed by atoms with E-state index in [1.54, 1.807) is 0 Å². The molecule has 1 amide bonds. The second-order valence-electron chi connectivity index (χ2n) is 9.71. The number of hydrogen-bond donors (Lipinski definition) is 4. The average Bonchev–Trinajstić information content (AvgIpc) is 3.27. The standard InChI is InChI=1S/C30H33N3O4/c31-30-26-16-20(15-24(34)18-36-25-7-2-1-3-8-25)5-4-6-21(26)9-12-28(30)37-19-29(35)33-23-10-11-27-22(17-23)13-14-32-27/h1-3,7-14,17,20,24,32,34H,4-6,15-16,18-19,31H2,(H,33,35)/t20?,24-/m0/s1. The number of hydrogen-bond acceptors (Lipinski definition) is 5. The molecular weight excluding hydrogens is 466 g/mol. The molecule has 37 heavy (non-hydrogen) atoms. The number of amides is 1. The lowest BCUT2D eigenvalue weighted by atomic mass is 9.91. The first-order chi connectivity index (χ1) is 18.0. The molecule has 0 saturated carbocycles. The summed E-state index contributed by atoms with van der Waals surface area (Å²) in [5.41, 5.74) is 11.1. The van der Waals surface area contributed by atoms with Gasteiger partial charge in [0, 0.05) is 22.8 Å². The maximum absolute atomic E-state index is 12.5. The number of carbonyl (C=O) groups excluding carboxylic acids is 1. The van der Waals surface area contributed by atoms with Crippen molar-refractivity contribution < 1.29 is 19.4 Å². The Morgan fingerprint density at radius 1 is 1.11 bits per heavy atom. The van der Waals surface area contributed by atoms with Gasteiger partial charge in [-0.1, -0.05) is 24.3 Å². The zero-order chi connectivity index (χ0) is 25.6. The number of nitrogen functional groups attached to an aromatic ring is 1. The Hall–Kier alpha value is -3.97. The molecule has 7 nitrogen and oxygen atoms in total. The third kappa shape index (κ3) is 6.24. The minimum absolute atomic E-state index is 0.132. The van der Waals surface area contributed by atoms with E-state index in [-0.39, 0.29) is 19.1 Å². The van der Waals surface area contributed by atoms with Crippen molar-refractivity contribution in [2.24, 2.45) is 5.92 Å². The van der Waals surface area contributed by atoms with Crippen LogP contribution < -0.4 is 20.5 Å². The molecule has 0 radical (unpaired) electrons. The van der Waals surface area contributed by atoms with E-state index in [1.807, 2.05) is 66.9 Å². The Bertz CT molecular complexity index is 1350. The summed E-state index contributed by atoms with van der Waals surface area (Å²) in [5, 5.41) is 14.5. The van der Waals surface area contributed by atoms with Crippen molar-refractivity contribution in [2.45, 2.75) is 38.2 Å². The van der Waals surface area contributed by atoms with Gasteiger partial charge in [-0.3, -0.25) is 4.79 Å². The molecule has 1 aliphatic rings. The lowest BCUT2D eigenvalue weighted by molar-refractivity contribution is -0.118. The Balaban J connectivity index is 1.18. The SMILES string of the molecule is Nc1c(OCC(=O)Nc2ccc3[nH]ccc3c2)ccc2c1CC(C[C@H](O)COc1ccccc1)CCC2. The highest BCUT2D eigenvalue weighted by Crippen LogP contribution is 2.36. The predicted octanol–water partition coefficient (Wildman–Crippen LogP) is 5.09. The van der Waals surface area contributed by atoms with Crippen molar-refractivity contribution in [3.63, 3.8) is 0 Å². The molecule has 5 N–H and O–H groups in total. The van der Waals surface area contributed by atoms with Crippen LogP contribution in [0.3, 0.4) is 0 Å². The van der Waals surface area contributed by atoms with E-state index in [2.05, 4.69) is 16.4 Å². The van der Waals surface area contributed by atoms with Gasteiger partial charge in [-0.15, -0.1) is 0 Å². The summed E-state index contributed by atoms with van der Waals surface area (Å²) in [4.78, 5) is 15.7. The third-order valence-corrected chi connectivity index (χ3v) is 6.95. The first kappa shape index (κ1) is 24.7. The predicted molar refractivity (Wildman–Crippen MR) is 146 cm³/mol. The molecule has 2 atom stereocenters. The van der Waals surface area contributed by atoms with Crippen LogP contribution in [0.5, 0.6) is 11.5 Å². The van der Waals surface area contributed by atoms with Crippen LogP contribution in [0.25, 0.3) is 10.9 Å². The second-order valence-corrected chi connectivity index (χ2v) is 9.71. The normalized spacial score (nSPS) is 16.0. The number of benzene rings is 3. The molecule has 0 spiro atoms. The van der Waals surface area contributed by atoms with Gasteiger partial charge in [-0.05, 0) is 91.6 Å². The van der Waals surface area contributed by atoms with Gasteiger partial charge in [-0.2, -0.15) is 0 Å². The van der Waals surface area contributed by atoms with E-state index in [0.29, 0.717) is 29.5 Å². The van der Waals surface area contributed by atoms with E-state index in [1.165, 1.54) is 5.56 Å². The van der Waals surface area contributed by atoms with Crippen molar-refractivity contribution in [1.82, 2.24) is 4.98 Å². The molecule has 1 aliphatic carbocycles. The van der Waals surface area contributed by atoms with Gasteiger partial charge in [0.2, 0.25) is 0 Å². The fraction of sp³-hybridized carbons (Fsp3) is 0.300. The van der Waals surface area contributed by atoms with Gasteiger partial charge in [0.1, 0.15) is 18.1 Å². The van der Waals surface area contributed by atoms with Gasteiger partial charge in [0.05, 0.1) is 11.8 Å². The number of carbonyl (C=O) groups is 1. The minimum Gasteiger partial charge on any atom is -0.491 e. The van der Waals surface area contributed by atoms with E-state index < -0.39 is 6.10 Å². The maximum atomic E-state index is 12.5. The number of aliphatic hydroxyl groups excluding tert-OH is 1. The van der Waals surface area contributed by atoms with Gasteiger partial charge in [0.25, 0.3) is 5.91 Å². The zero-order valence-electron chi connectivity index (χ0n) is 20.8. The highest BCUT2D eigenvalue weighted by molar-refractivity contribution is 5.94. The summed E-state index contributed by atoms with van der Waals surface area (Å²) in [7, 11) is 0. The van der Waals surface area contributed by atoms with E-state index in [9.17, 15) is 9.90 Å². The topological polar surface area (TPSA) is 110 Å². The minimum atomic E-state index is -0.554. The fourth-order valence-electron chi connectivity index (χ4n) is 5.10. The van der Waals surface area contributed by atoms with E-state index >= 15 is 0 Å². The summed E-state index contributed by atoms with van der Waals surface area (Å²) >= 11 is 0. The first-order valence-corrected chi connectivity index (χ1v) is 12.8. The zero-order valence-corrected chi connectivity index (χ0v) is 20.8. The molecular formula is C30H33N3O4. The summed E-state index contributed by atoms with van der Waals surface area (Å²) < 4.78 is 11.6. The van der Waals surface area contributed by atoms with Gasteiger partial charge in [-0.25, -0.2) is 0 Å². The van der Waals surface area contributed by atoms with Crippen LogP contribution in [-0.2, 0) is 17.6 Å². The number of H-pyrrole nitrogens is 1. The number of para-hydroxylation sites is 1. The summed E-state index contributed by atoms with van der Waals surface area (Å²) in [6.45, 7) is 0.130. The third-order valence-electron chi connectivity index (χ3n) is 6.95. The number of aliphatic hydroxyl groups is 1. The number of rotatable bonds is 9. The van der Waals surface area contributed by atoms with Crippen LogP contribution >= 0.6 is 0 Å². The van der Waals surface area contributed by atoms with E-state index in [0.717, 1.165) is 47.9 Å². The van der Waals surface area contributed by atoms with Crippen molar-refractivity contribution in [3.8, 4) is 11.5 Å². The Labute approximate surface area is 216 Å². The second kappa shape index (κ2) is 11.4. The molecule has 0 fully saturated rings. The number of aryl methyl sites for hydroxylation is 1. The number of nitrogens with one attached hydrogen (secondary N) is 2. The smallest absolute Gasteiger partial charge is 0.262 e. The van der Waals surface area contributed by atoms with Crippen molar-refractivity contribution in [1.29, 1.82) is 0 Å². The molecule has 192 valence electrons. The summed E-state index contributed by atoms with van der Waals surface area (Å²) in [6.07, 6.45) is 5.72. The van der Waals surface area contributed by atoms with Gasteiger partial charge in [0.15, 0.2) is 6.61 Å². The number of nitrogens with two attached hydrogens (primary N) is 1. The van der Waals surface area contributed by atoms with Crippen molar-refractivity contribution >= 4 is 28.2 Å². The van der Waals surface area contributed by atoms with E-state index in [4.69, 9.17) is 15.2 Å². The molecule has 1 unspecified atom stereocenters. The lowest BCUT2D eigenvalue weighted by Gasteiger charge is -2.21. The van der Waals surface area contributed by atoms with Gasteiger partial charge < -0.3 is 30.6 Å². The maximum Gasteiger partial charge on any atom is 0.262 e. The van der Waals surface area contributed by atoms with Crippen LogP contribution in [0.1, 0.15) is 30.4 Å². The Kier molecular flexibility index (Phi) is 7.61. The van der Waals surface area contributed by atoms with Crippen LogP contribution in [0, 0.1) is 5.92 Å². The Morgan fingerprint density at radius 3 is 2.84 bits per heavy atom. The summed E-state index contributed by atoms with van der Waals surface area (Å²) in [6, 6.07) is 21.1. The molecule has 0 aliphatic heterocycles. The molecule has 5 rings (SSSR count). The lowest BCUT2D eigenvalue weighted by Crippen LogP contribution is -2.22. The Morgan fingerprint density at radius 2 is 1.97 bits per heavy atom. The average molecular weight is 500 g/mol. The van der Waals surface area contributed by atoms with Crippen molar-refractivity contribution in [3.05, 3.63) is 84.1 Å². The highest BCUT2D eigenvalue weighted by atomic mass is 16.5. The quantitative estimate of drug-likeness (QED) is 0.189. The van der Waals surface area contributed by atoms with Gasteiger partial charge >= 0.3 is 0 Å². The summed E-state index contributed by atoms with van der Waals surface area (Å²) in [5.74, 6) is 1.32. The highest BCUT2D eigenvalue weighted by Gasteiger charge is 2.23. The van der Waals surface area contributed by atoms with Crippen LogP contribution in [0.15, 0.2) is 72.9 Å².